The topological polar surface area (TPSA) is 26.3 Å². The summed E-state index contributed by atoms with van der Waals surface area (Å²) in [6, 6.07) is 0. The molecule has 0 heterocycles. The van der Waals surface area contributed by atoms with E-state index in [9.17, 15) is 4.79 Å². The Morgan fingerprint density at radius 3 is 2.50 bits per heavy atom. The van der Waals surface area contributed by atoms with Crippen molar-refractivity contribution in [3.63, 3.8) is 0 Å². The molecule has 40 valence electrons. The van der Waals surface area contributed by atoms with Gasteiger partial charge in [0.15, 0.2) is 5.97 Å². The molecule has 0 aromatic heterocycles. The number of hydrogen-bond donors (Lipinski definition) is 0. The van der Waals surface area contributed by atoms with Crippen molar-refractivity contribution < 1.29 is 39.1 Å². The van der Waals surface area contributed by atoms with Crippen LogP contribution < -0.4 is 29.6 Å². The average Bonchev–Trinajstić information content (AvgIpc) is 1.68. The first-order chi connectivity index (χ1) is 3.31. The van der Waals surface area contributed by atoms with Crippen LogP contribution in [-0.4, -0.2) is 12.6 Å². The van der Waals surface area contributed by atoms with E-state index in [4.69, 9.17) is 6.58 Å². The number of carbonyl (C=O) groups is 1. The Kier molecular flexibility index (Phi) is 9.97. The number of hydrogen-bond acceptors (Lipinski definition) is 2. The van der Waals surface area contributed by atoms with Crippen molar-refractivity contribution in [1.82, 2.24) is 0 Å². The maximum absolute atomic E-state index is 10.0. The van der Waals surface area contributed by atoms with Gasteiger partial charge in [0.25, 0.3) is 0 Å². The molecule has 0 amide bonds. The first kappa shape index (κ1) is 11.1. The first-order valence-corrected chi connectivity index (χ1v) is 2.03. The SMILES string of the molecule is [CH-]=CC(=O)OCC.[Na+]. The molecule has 0 aromatic rings. The van der Waals surface area contributed by atoms with Crippen LogP contribution in [0.15, 0.2) is 6.08 Å². The van der Waals surface area contributed by atoms with Gasteiger partial charge in [0, 0.05) is 0 Å². The molecule has 3 heteroatoms. The molecule has 0 fully saturated rings. The van der Waals surface area contributed by atoms with Crippen LogP contribution in [0.5, 0.6) is 0 Å². The van der Waals surface area contributed by atoms with Gasteiger partial charge in [-0.25, -0.2) is 0 Å². The Balaban J connectivity index is 0. The van der Waals surface area contributed by atoms with E-state index in [0.29, 0.717) is 6.61 Å². The molecule has 0 aliphatic carbocycles. The fourth-order valence-corrected chi connectivity index (χ4v) is 0.190. The maximum atomic E-state index is 10.0. The summed E-state index contributed by atoms with van der Waals surface area (Å²) in [5, 5.41) is 0. The van der Waals surface area contributed by atoms with Crippen LogP contribution in [-0.2, 0) is 9.53 Å². The van der Waals surface area contributed by atoms with Crippen LogP contribution in [0.2, 0.25) is 0 Å². The van der Waals surface area contributed by atoms with Crippen LogP contribution in [0.25, 0.3) is 0 Å². The third kappa shape index (κ3) is 6.21. The molecule has 0 atom stereocenters. The summed E-state index contributed by atoms with van der Waals surface area (Å²) >= 11 is 0. The zero-order valence-corrected chi connectivity index (χ0v) is 7.18. The van der Waals surface area contributed by atoms with E-state index < -0.39 is 5.97 Å². The molecule has 0 saturated carbocycles. The second-order valence-corrected chi connectivity index (χ2v) is 0.919. The van der Waals surface area contributed by atoms with Gasteiger partial charge in [0.2, 0.25) is 0 Å². The summed E-state index contributed by atoms with van der Waals surface area (Å²) in [4.78, 5) is 10.0. The predicted molar refractivity (Wildman–Crippen MR) is 25.5 cm³/mol. The minimum absolute atomic E-state index is 0. The third-order valence-corrected chi connectivity index (χ3v) is 0.423. The van der Waals surface area contributed by atoms with Gasteiger partial charge in [-0.3, -0.25) is 6.58 Å². The van der Waals surface area contributed by atoms with Crippen LogP contribution in [0.1, 0.15) is 6.92 Å². The summed E-state index contributed by atoms with van der Waals surface area (Å²) in [5.74, 6) is -0.470. The van der Waals surface area contributed by atoms with Gasteiger partial charge in [-0.15, -0.1) is 0 Å². The van der Waals surface area contributed by atoms with E-state index in [1.807, 2.05) is 0 Å². The van der Waals surface area contributed by atoms with Crippen molar-refractivity contribution >= 4 is 5.97 Å². The Morgan fingerprint density at radius 2 is 2.38 bits per heavy atom. The van der Waals surface area contributed by atoms with Crippen LogP contribution in [0, 0.1) is 6.58 Å². The molecule has 0 N–H and O–H groups in total. The normalized spacial score (nSPS) is 6.62. The largest absolute Gasteiger partial charge is 1.00 e. The van der Waals surface area contributed by atoms with Gasteiger partial charge in [-0.2, -0.15) is 6.08 Å². The smallest absolute Gasteiger partial charge is 0.548 e. The number of esters is 1. The fraction of sp³-hybridized carbons (Fsp3) is 0.400. The minimum atomic E-state index is -0.470. The van der Waals surface area contributed by atoms with E-state index in [2.05, 4.69) is 4.74 Å². The van der Waals surface area contributed by atoms with E-state index >= 15 is 0 Å². The Bertz CT molecular complexity index is 80.5. The van der Waals surface area contributed by atoms with E-state index in [1.54, 1.807) is 6.92 Å². The van der Waals surface area contributed by atoms with Gasteiger partial charge >= 0.3 is 29.6 Å². The van der Waals surface area contributed by atoms with Gasteiger partial charge in [-0.05, 0) is 6.92 Å². The zero-order chi connectivity index (χ0) is 5.70. The van der Waals surface area contributed by atoms with Crippen LogP contribution in [0.3, 0.4) is 0 Å². The summed E-state index contributed by atoms with van der Waals surface area (Å²) in [6.45, 7) is 6.86. The fourth-order valence-electron chi connectivity index (χ4n) is 0.190. The quantitative estimate of drug-likeness (QED) is 0.176. The molecule has 2 nitrogen and oxygen atoms in total. The van der Waals surface area contributed by atoms with Crippen molar-refractivity contribution in [1.29, 1.82) is 0 Å². The molecule has 0 radical (unpaired) electrons. The molecule has 0 aliphatic rings. The molecule has 0 aliphatic heterocycles. The molecular weight excluding hydrogens is 115 g/mol. The minimum Gasteiger partial charge on any atom is -0.548 e. The Labute approximate surface area is 71.2 Å². The summed E-state index contributed by atoms with van der Waals surface area (Å²) in [5.41, 5.74) is 0. The Morgan fingerprint density at radius 1 is 1.88 bits per heavy atom. The molecular formula is C5H7NaO2. The number of ether oxygens (including phenoxy) is 1. The first-order valence-electron chi connectivity index (χ1n) is 2.03. The monoisotopic (exact) mass is 122 g/mol. The van der Waals surface area contributed by atoms with Gasteiger partial charge < -0.3 is 9.53 Å². The van der Waals surface area contributed by atoms with E-state index in [0.717, 1.165) is 6.08 Å². The van der Waals surface area contributed by atoms with Gasteiger partial charge in [0.05, 0.1) is 6.61 Å². The van der Waals surface area contributed by atoms with Crippen molar-refractivity contribution in [3.8, 4) is 0 Å². The number of rotatable bonds is 2. The Hall–Kier alpha value is 0.210. The standard InChI is InChI=1S/C5H7O2.Na/c1-3-5(6)7-4-2;/h1,3H,4H2,2H3;/q-1;+1. The van der Waals surface area contributed by atoms with E-state index in [-0.39, 0.29) is 29.6 Å². The molecule has 0 spiro atoms. The van der Waals surface area contributed by atoms with Crippen molar-refractivity contribution in [2.75, 3.05) is 6.61 Å². The van der Waals surface area contributed by atoms with Crippen LogP contribution in [0.4, 0.5) is 0 Å². The molecule has 0 rings (SSSR count). The second-order valence-electron chi connectivity index (χ2n) is 0.919. The van der Waals surface area contributed by atoms with Gasteiger partial charge in [0.1, 0.15) is 0 Å². The molecule has 0 unspecified atom stereocenters. The average molecular weight is 122 g/mol. The van der Waals surface area contributed by atoms with Crippen molar-refractivity contribution in [3.05, 3.63) is 12.7 Å². The molecule has 0 saturated heterocycles. The molecule has 8 heavy (non-hydrogen) atoms. The second kappa shape index (κ2) is 7.21. The van der Waals surface area contributed by atoms with Crippen molar-refractivity contribution in [2.24, 2.45) is 0 Å². The summed E-state index contributed by atoms with van der Waals surface area (Å²) in [6.07, 6.45) is 0.892. The molecule has 0 aromatic carbocycles. The van der Waals surface area contributed by atoms with E-state index in [1.165, 1.54) is 0 Å². The third-order valence-electron chi connectivity index (χ3n) is 0.423. The summed E-state index contributed by atoms with van der Waals surface area (Å²) in [7, 11) is 0. The zero-order valence-electron chi connectivity index (χ0n) is 5.18. The predicted octanol–water partition coefficient (Wildman–Crippen LogP) is -2.46. The van der Waals surface area contributed by atoms with Crippen LogP contribution >= 0.6 is 0 Å². The number of carbonyl (C=O) groups excluding carboxylic acids is 1. The molecule has 0 bridgehead atoms. The van der Waals surface area contributed by atoms with Gasteiger partial charge in [-0.1, -0.05) is 0 Å². The van der Waals surface area contributed by atoms with Crippen molar-refractivity contribution in [2.45, 2.75) is 6.92 Å². The maximum Gasteiger partial charge on any atom is 1.00 e. The summed E-state index contributed by atoms with van der Waals surface area (Å²) < 4.78 is 4.37.